The molecule has 19 heavy (non-hydrogen) atoms. The van der Waals surface area contributed by atoms with Crippen LogP contribution in [0.15, 0.2) is 0 Å². The Labute approximate surface area is 110 Å². The second-order valence-electron chi connectivity index (χ2n) is 4.23. The Hall–Kier alpha value is -1.20. The van der Waals surface area contributed by atoms with Crippen molar-refractivity contribution in [1.82, 2.24) is 12.7 Å². The fourth-order valence-corrected chi connectivity index (χ4v) is 5.22. The van der Waals surface area contributed by atoms with Crippen molar-refractivity contribution in [2.24, 2.45) is 0 Å². The second kappa shape index (κ2) is 4.72. The minimum atomic E-state index is -4.48. The van der Waals surface area contributed by atoms with E-state index in [-0.39, 0.29) is 25.9 Å². The first-order chi connectivity index (χ1) is 8.74. The van der Waals surface area contributed by atoms with Crippen LogP contribution in [0.4, 0.5) is 0 Å². The lowest BCUT2D eigenvalue weighted by Crippen LogP contribution is -2.49. The average molecular weight is 311 g/mol. The summed E-state index contributed by atoms with van der Waals surface area (Å²) in [6, 6.07) is 0. The molecule has 11 heteroatoms. The number of hydrogen-bond donors (Lipinski definition) is 1. The van der Waals surface area contributed by atoms with Gasteiger partial charge in [0.1, 0.15) is 0 Å². The zero-order chi connectivity index (χ0) is 14.3. The van der Waals surface area contributed by atoms with Gasteiger partial charge in [0.15, 0.2) is 0 Å². The molecule has 0 atom stereocenters. The summed E-state index contributed by atoms with van der Waals surface area (Å²) >= 11 is 0. The first-order valence-electron chi connectivity index (χ1n) is 5.64. The monoisotopic (exact) mass is 311 g/mol. The molecule has 0 unspecified atom stereocenters. The highest BCUT2D eigenvalue weighted by Gasteiger charge is 2.39. The highest BCUT2D eigenvalue weighted by molar-refractivity contribution is 8.03. The van der Waals surface area contributed by atoms with Gasteiger partial charge in [-0.3, -0.25) is 9.59 Å². The van der Waals surface area contributed by atoms with Crippen LogP contribution >= 0.6 is 0 Å². The molecule has 0 bridgehead atoms. The SMILES string of the molecule is O=C1CCCN1S(=O)(=O)NS(=O)(=O)N1CCCC1=O. The third-order valence-corrected chi connectivity index (χ3v) is 6.47. The Balaban J connectivity index is 2.20. The van der Waals surface area contributed by atoms with Gasteiger partial charge < -0.3 is 0 Å². The Morgan fingerprint density at radius 3 is 1.42 bits per heavy atom. The highest BCUT2D eigenvalue weighted by atomic mass is 32.3. The number of nitrogens with one attached hydrogen (secondary N) is 1. The lowest BCUT2D eigenvalue weighted by Gasteiger charge is -2.20. The molecule has 2 fully saturated rings. The Kier molecular flexibility index (Phi) is 3.53. The molecule has 0 aromatic heterocycles. The van der Waals surface area contributed by atoms with Crippen molar-refractivity contribution in [2.75, 3.05) is 13.1 Å². The van der Waals surface area contributed by atoms with Crippen molar-refractivity contribution in [3.8, 4) is 0 Å². The molecule has 0 aromatic carbocycles. The van der Waals surface area contributed by atoms with E-state index in [0.29, 0.717) is 21.5 Å². The van der Waals surface area contributed by atoms with E-state index in [2.05, 4.69) is 0 Å². The Morgan fingerprint density at radius 2 is 1.16 bits per heavy atom. The molecular weight excluding hydrogens is 298 g/mol. The molecule has 0 spiro atoms. The van der Waals surface area contributed by atoms with E-state index < -0.39 is 32.2 Å². The van der Waals surface area contributed by atoms with E-state index in [1.165, 1.54) is 4.13 Å². The van der Waals surface area contributed by atoms with E-state index in [0.717, 1.165) is 0 Å². The third kappa shape index (κ3) is 2.72. The van der Waals surface area contributed by atoms with E-state index in [9.17, 15) is 26.4 Å². The molecule has 1 N–H and O–H groups in total. The quantitative estimate of drug-likeness (QED) is 0.661. The molecule has 0 radical (unpaired) electrons. The summed E-state index contributed by atoms with van der Waals surface area (Å²) in [6.07, 6.45) is 0.818. The van der Waals surface area contributed by atoms with E-state index in [1.807, 2.05) is 0 Å². The van der Waals surface area contributed by atoms with Gasteiger partial charge in [-0.1, -0.05) is 4.13 Å². The smallest absolute Gasteiger partial charge is 0.274 e. The standard InChI is InChI=1S/C8H13N3O6S2/c12-7-3-1-5-10(7)18(14,15)9-19(16,17)11-6-2-4-8(11)13/h9H,1-6H2. The zero-order valence-electron chi connectivity index (χ0n) is 9.90. The van der Waals surface area contributed by atoms with E-state index >= 15 is 0 Å². The number of amides is 2. The van der Waals surface area contributed by atoms with Crippen LogP contribution in [0.2, 0.25) is 0 Å². The maximum absolute atomic E-state index is 11.8. The van der Waals surface area contributed by atoms with Gasteiger partial charge >= 0.3 is 20.4 Å². The van der Waals surface area contributed by atoms with Crippen molar-refractivity contribution in [3.05, 3.63) is 0 Å². The van der Waals surface area contributed by atoms with Gasteiger partial charge in [0, 0.05) is 25.9 Å². The summed E-state index contributed by atoms with van der Waals surface area (Å²) in [5.74, 6) is -1.31. The van der Waals surface area contributed by atoms with Crippen LogP contribution in [0.25, 0.3) is 0 Å². The molecule has 2 amide bonds. The van der Waals surface area contributed by atoms with Gasteiger partial charge in [0.2, 0.25) is 11.8 Å². The molecule has 0 aliphatic carbocycles. The molecule has 0 saturated carbocycles. The maximum atomic E-state index is 11.8. The van der Waals surface area contributed by atoms with Crippen molar-refractivity contribution in [2.45, 2.75) is 25.7 Å². The fourth-order valence-electron chi connectivity index (χ4n) is 1.98. The van der Waals surface area contributed by atoms with Gasteiger partial charge in [-0.25, -0.2) is 8.61 Å². The van der Waals surface area contributed by atoms with Crippen LogP contribution in [-0.4, -0.2) is 50.3 Å². The molecule has 2 rings (SSSR count). The molecule has 0 aromatic rings. The van der Waals surface area contributed by atoms with Crippen LogP contribution in [0.5, 0.6) is 0 Å². The highest BCUT2D eigenvalue weighted by Crippen LogP contribution is 2.17. The number of rotatable bonds is 4. The minimum absolute atomic E-state index is 0.0579. The molecule has 108 valence electrons. The first-order valence-corrected chi connectivity index (χ1v) is 8.52. The van der Waals surface area contributed by atoms with Crippen LogP contribution in [-0.2, 0) is 30.0 Å². The van der Waals surface area contributed by atoms with Gasteiger partial charge in [0.25, 0.3) is 0 Å². The summed E-state index contributed by atoms with van der Waals surface area (Å²) < 4.78 is 49.6. The number of hydrogen-bond acceptors (Lipinski definition) is 6. The number of carbonyl (C=O) groups is 2. The van der Waals surface area contributed by atoms with Gasteiger partial charge in [-0.05, 0) is 12.8 Å². The summed E-state index contributed by atoms with van der Waals surface area (Å²) in [5, 5.41) is 0. The molecule has 2 heterocycles. The van der Waals surface area contributed by atoms with Crippen molar-refractivity contribution in [1.29, 1.82) is 0 Å². The van der Waals surface area contributed by atoms with Crippen molar-refractivity contribution in [3.63, 3.8) is 0 Å². The average Bonchev–Trinajstić information content (AvgIpc) is 2.85. The minimum Gasteiger partial charge on any atom is -0.274 e. The largest absolute Gasteiger partial charge is 0.318 e. The number of nitrogens with zero attached hydrogens (tertiary/aromatic N) is 2. The van der Waals surface area contributed by atoms with Gasteiger partial charge in [-0.2, -0.15) is 16.8 Å². The van der Waals surface area contributed by atoms with Crippen molar-refractivity contribution < 1.29 is 26.4 Å². The lowest BCUT2D eigenvalue weighted by molar-refractivity contribution is -0.124. The predicted octanol–water partition coefficient (Wildman–Crippen LogP) is -1.69. The van der Waals surface area contributed by atoms with Crippen LogP contribution in [0.1, 0.15) is 25.7 Å². The van der Waals surface area contributed by atoms with Crippen LogP contribution < -0.4 is 4.13 Å². The topological polar surface area (TPSA) is 121 Å². The molecular formula is C8H13N3O6S2. The molecule has 2 aliphatic heterocycles. The predicted molar refractivity (Wildman–Crippen MR) is 62.9 cm³/mol. The number of carbonyl (C=O) groups excluding carboxylic acids is 2. The summed E-state index contributed by atoms with van der Waals surface area (Å²) in [7, 11) is -8.95. The summed E-state index contributed by atoms with van der Waals surface area (Å²) in [4.78, 5) is 22.6. The third-order valence-electron chi connectivity index (χ3n) is 2.85. The zero-order valence-corrected chi connectivity index (χ0v) is 11.5. The summed E-state index contributed by atoms with van der Waals surface area (Å²) in [6.45, 7) is -0.116. The van der Waals surface area contributed by atoms with Crippen molar-refractivity contribution >= 4 is 32.2 Å². The normalized spacial score (nSPS) is 21.5. The fraction of sp³-hybridized carbons (Fsp3) is 0.750. The second-order valence-corrected chi connectivity index (χ2v) is 7.68. The van der Waals surface area contributed by atoms with Gasteiger partial charge in [0.05, 0.1) is 0 Å². The van der Waals surface area contributed by atoms with Crippen LogP contribution in [0.3, 0.4) is 0 Å². The maximum Gasteiger partial charge on any atom is 0.318 e. The van der Waals surface area contributed by atoms with E-state index in [1.54, 1.807) is 0 Å². The summed E-state index contributed by atoms with van der Waals surface area (Å²) in [5.41, 5.74) is 0. The Morgan fingerprint density at radius 1 is 0.789 bits per heavy atom. The first kappa shape index (κ1) is 14.2. The molecule has 2 saturated heterocycles. The van der Waals surface area contributed by atoms with E-state index in [4.69, 9.17) is 0 Å². The Bertz CT molecular complexity index is 556. The van der Waals surface area contributed by atoms with Crippen LogP contribution in [0, 0.1) is 0 Å². The molecule has 9 nitrogen and oxygen atoms in total. The molecule has 2 aliphatic rings. The lowest BCUT2D eigenvalue weighted by atomic mass is 10.4. The van der Waals surface area contributed by atoms with Gasteiger partial charge in [-0.15, -0.1) is 0 Å².